The largest absolute Gasteiger partial charge is 0.341 e. The SMILES string of the molecule is CC(C)(C)c1ccc(S(=O)(=O)NCC(=O)N2CCC(N3C(=O)CSC3=O)CC2)cc1. The van der Waals surface area contributed by atoms with Crippen molar-refractivity contribution in [2.75, 3.05) is 25.4 Å². The minimum Gasteiger partial charge on any atom is -0.341 e. The summed E-state index contributed by atoms with van der Waals surface area (Å²) < 4.78 is 27.4. The van der Waals surface area contributed by atoms with Crippen molar-refractivity contribution in [3.05, 3.63) is 29.8 Å². The number of nitrogens with zero attached hydrogens (tertiary/aromatic N) is 2. The Morgan fingerprint density at radius 3 is 2.23 bits per heavy atom. The van der Waals surface area contributed by atoms with Crippen LogP contribution in [-0.2, 0) is 25.0 Å². The number of carbonyl (C=O) groups is 3. The number of amides is 3. The summed E-state index contributed by atoms with van der Waals surface area (Å²) >= 11 is 1.01. The number of rotatable bonds is 5. The molecule has 10 heteroatoms. The second kappa shape index (κ2) is 8.68. The first-order chi connectivity index (χ1) is 14.0. The van der Waals surface area contributed by atoms with Gasteiger partial charge in [0.15, 0.2) is 0 Å². The van der Waals surface area contributed by atoms with Crippen LogP contribution in [0.15, 0.2) is 29.2 Å². The number of hydrogen-bond acceptors (Lipinski definition) is 6. The predicted molar refractivity (Wildman–Crippen MR) is 115 cm³/mol. The summed E-state index contributed by atoms with van der Waals surface area (Å²) in [6.07, 6.45) is 1.01. The van der Waals surface area contributed by atoms with E-state index in [9.17, 15) is 22.8 Å². The number of imide groups is 1. The molecule has 2 aliphatic heterocycles. The summed E-state index contributed by atoms with van der Waals surface area (Å²) in [4.78, 5) is 39.1. The Morgan fingerprint density at radius 2 is 1.73 bits per heavy atom. The Labute approximate surface area is 181 Å². The summed E-state index contributed by atoms with van der Waals surface area (Å²) in [6.45, 7) is 6.58. The van der Waals surface area contributed by atoms with Crippen LogP contribution < -0.4 is 4.72 Å². The van der Waals surface area contributed by atoms with Crippen LogP contribution in [0, 0.1) is 0 Å². The Balaban J connectivity index is 1.53. The highest BCUT2D eigenvalue weighted by Gasteiger charge is 2.38. The van der Waals surface area contributed by atoms with Crippen LogP contribution in [0.25, 0.3) is 0 Å². The molecule has 1 N–H and O–H groups in total. The lowest BCUT2D eigenvalue weighted by molar-refractivity contribution is -0.132. The second-order valence-electron chi connectivity index (χ2n) is 8.53. The molecule has 2 heterocycles. The number of sulfonamides is 1. The van der Waals surface area contributed by atoms with Crippen LogP contribution in [0.3, 0.4) is 0 Å². The average Bonchev–Trinajstić information content (AvgIpc) is 3.04. The van der Waals surface area contributed by atoms with Crippen molar-refractivity contribution >= 4 is 38.8 Å². The van der Waals surface area contributed by atoms with Gasteiger partial charge in [0.1, 0.15) is 0 Å². The molecule has 0 atom stereocenters. The van der Waals surface area contributed by atoms with Crippen LogP contribution in [0.2, 0.25) is 0 Å². The molecule has 0 unspecified atom stereocenters. The maximum Gasteiger partial charge on any atom is 0.289 e. The fourth-order valence-corrected chi connectivity index (χ4v) is 5.33. The van der Waals surface area contributed by atoms with E-state index in [1.165, 1.54) is 4.90 Å². The lowest BCUT2D eigenvalue weighted by Gasteiger charge is -2.35. The van der Waals surface area contributed by atoms with Gasteiger partial charge in [0, 0.05) is 19.1 Å². The number of thioether (sulfide) groups is 1. The third kappa shape index (κ3) is 5.04. The molecule has 1 aromatic rings. The number of likely N-dealkylation sites (tertiary alicyclic amines) is 1. The fraction of sp³-hybridized carbons (Fsp3) is 0.550. The standard InChI is InChI=1S/C20H27N3O5S2/c1-20(2,3)14-4-6-16(7-5-14)30(27,28)21-12-17(24)22-10-8-15(9-11-22)23-18(25)13-29-19(23)26/h4-7,15,21H,8-13H2,1-3H3. The summed E-state index contributed by atoms with van der Waals surface area (Å²) in [7, 11) is -3.79. The number of piperidine rings is 1. The van der Waals surface area contributed by atoms with Gasteiger partial charge in [-0.1, -0.05) is 44.7 Å². The molecular formula is C20H27N3O5S2. The zero-order valence-electron chi connectivity index (χ0n) is 17.4. The van der Waals surface area contributed by atoms with E-state index < -0.39 is 10.0 Å². The van der Waals surface area contributed by atoms with Gasteiger partial charge in [0.2, 0.25) is 21.8 Å². The fourth-order valence-electron chi connectivity index (χ4n) is 3.58. The molecule has 2 saturated heterocycles. The van der Waals surface area contributed by atoms with Crippen LogP contribution in [-0.4, -0.2) is 66.7 Å². The molecule has 2 fully saturated rings. The number of nitrogens with one attached hydrogen (secondary N) is 1. The first kappa shape index (κ1) is 22.8. The van der Waals surface area contributed by atoms with Crippen molar-refractivity contribution in [3.63, 3.8) is 0 Å². The van der Waals surface area contributed by atoms with E-state index in [0.29, 0.717) is 25.9 Å². The highest BCUT2D eigenvalue weighted by atomic mass is 32.2. The second-order valence-corrected chi connectivity index (χ2v) is 11.2. The van der Waals surface area contributed by atoms with Gasteiger partial charge < -0.3 is 4.90 Å². The lowest BCUT2D eigenvalue weighted by atomic mass is 9.87. The van der Waals surface area contributed by atoms with Gasteiger partial charge >= 0.3 is 0 Å². The Morgan fingerprint density at radius 1 is 1.13 bits per heavy atom. The van der Waals surface area contributed by atoms with Crippen LogP contribution >= 0.6 is 11.8 Å². The Kier molecular flexibility index (Phi) is 6.59. The van der Waals surface area contributed by atoms with Gasteiger partial charge in [-0.25, -0.2) is 13.1 Å². The van der Waals surface area contributed by atoms with Crippen molar-refractivity contribution in [2.24, 2.45) is 0 Å². The molecule has 1 aromatic carbocycles. The minimum atomic E-state index is -3.79. The molecule has 8 nitrogen and oxygen atoms in total. The Hall–Kier alpha value is -1.91. The zero-order chi connectivity index (χ0) is 22.1. The predicted octanol–water partition coefficient (Wildman–Crippen LogP) is 1.95. The van der Waals surface area contributed by atoms with E-state index in [0.717, 1.165) is 17.3 Å². The number of benzene rings is 1. The quantitative estimate of drug-likeness (QED) is 0.731. The maximum absolute atomic E-state index is 12.5. The van der Waals surface area contributed by atoms with E-state index in [1.807, 2.05) is 20.8 Å². The van der Waals surface area contributed by atoms with Crippen LogP contribution in [0.1, 0.15) is 39.2 Å². The van der Waals surface area contributed by atoms with Crippen molar-refractivity contribution < 1.29 is 22.8 Å². The molecule has 3 rings (SSSR count). The van der Waals surface area contributed by atoms with E-state index in [1.54, 1.807) is 29.2 Å². The summed E-state index contributed by atoms with van der Waals surface area (Å²) in [5.41, 5.74) is 0.939. The molecule has 30 heavy (non-hydrogen) atoms. The van der Waals surface area contributed by atoms with Gasteiger partial charge in [0.05, 0.1) is 17.2 Å². The van der Waals surface area contributed by atoms with Crippen LogP contribution in [0.4, 0.5) is 4.79 Å². The monoisotopic (exact) mass is 453 g/mol. The van der Waals surface area contributed by atoms with Gasteiger partial charge in [-0.3, -0.25) is 19.3 Å². The van der Waals surface area contributed by atoms with Crippen molar-refractivity contribution in [2.45, 2.75) is 50.0 Å². The van der Waals surface area contributed by atoms with E-state index in [-0.39, 0.29) is 45.7 Å². The van der Waals surface area contributed by atoms with E-state index in [2.05, 4.69) is 4.72 Å². The number of hydrogen-bond donors (Lipinski definition) is 1. The van der Waals surface area contributed by atoms with E-state index >= 15 is 0 Å². The summed E-state index contributed by atoms with van der Waals surface area (Å²) in [5.74, 6) is -0.326. The molecule has 0 aromatic heterocycles. The molecule has 164 valence electrons. The number of carbonyl (C=O) groups excluding carboxylic acids is 3. The zero-order valence-corrected chi connectivity index (χ0v) is 19.0. The molecule has 0 radical (unpaired) electrons. The summed E-state index contributed by atoms with van der Waals surface area (Å²) in [6, 6.07) is 6.45. The van der Waals surface area contributed by atoms with Gasteiger partial charge in [-0.05, 0) is 36.0 Å². The first-order valence-electron chi connectivity index (χ1n) is 9.86. The molecule has 0 aliphatic carbocycles. The maximum atomic E-state index is 12.5. The highest BCUT2D eigenvalue weighted by molar-refractivity contribution is 8.14. The van der Waals surface area contributed by atoms with E-state index in [4.69, 9.17) is 0 Å². The minimum absolute atomic E-state index is 0.0825. The van der Waals surface area contributed by atoms with Crippen LogP contribution in [0.5, 0.6) is 0 Å². The molecule has 2 aliphatic rings. The molecule has 0 saturated carbocycles. The van der Waals surface area contributed by atoms with Gasteiger partial charge in [-0.15, -0.1) is 0 Å². The Bertz CT molecular complexity index is 914. The molecule has 0 bridgehead atoms. The normalized spacial score (nSPS) is 18.9. The molecular weight excluding hydrogens is 426 g/mol. The third-order valence-corrected chi connectivity index (χ3v) is 7.66. The molecule has 0 spiro atoms. The highest BCUT2D eigenvalue weighted by Crippen LogP contribution is 2.27. The topological polar surface area (TPSA) is 104 Å². The van der Waals surface area contributed by atoms with Gasteiger partial charge in [-0.2, -0.15) is 0 Å². The molecule has 3 amide bonds. The smallest absolute Gasteiger partial charge is 0.289 e. The van der Waals surface area contributed by atoms with Crippen molar-refractivity contribution in [3.8, 4) is 0 Å². The lowest BCUT2D eigenvalue weighted by Crippen LogP contribution is -2.50. The summed E-state index contributed by atoms with van der Waals surface area (Å²) in [5, 5.41) is -0.227. The average molecular weight is 454 g/mol. The first-order valence-corrected chi connectivity index (χ1v) is 12.3. The third-order valence-electron chi connectivity index (χ3n) is 5.41. The van der Waals surface area contributed by atoms with Crippen molar-refractivity contribution in [1.29, 1.82) is 0 Å². The van der Waals surface area contributed by atoms with Crippen molar-refractivity contribution in [1.82, 2.24) is 14.5 Å². The van der Waals surface area contributed by atoms with Gasteiger partial charge in [0.25, 0.3) is 5.24 Å².